The highest BCUT2D eigenvalue weighted by atomic mass is 32.1. The smallest absolute Gasteiger partial charge is 0.202 e. The topological polar surface area (TPSA) is 58.0 Å². The molecule has 1 heterocycles. The molecule has 0 spiro atoms. The second-order valence-electron chi connectivity index (χ2n) is 4.30. The zero-order valence-electron chi connectivity index (χ0n) is 9.48. The van der Waals surface area contributed by atoms with Crippen molar-refractivity contribution in [2.24, 2.45) is 0 Å². The van der Waals surface area contributed by atoms with Gasteiger partial charge in [-0.15, -0.1) is 0 Å². The Morgan fingerprint density at radius 1 is 1.25 bits per heavy atom. The second-order valence-corrected chi connectivity index (χ2v) is 5.05. The average molecular weight is 241 g/mol. The van der Waals surface area contributed by atoms with Gasteiger partial charge in [0.2, 0.25) is 5.13 Å². The van der Waals surface area contributed by atoms with E-state index >= 15 is 0 Å². The lowest BCUT2D eigenvalue weighted by Crippen LogP contribution is -2.01. The van der Waals surface area contributed by atoms with Crippen molar-refractivity contribution in [1.82, 2.24) is 9.36 Å². The normalized spacial score (nSPS) is 15.3. The van der Waals surface area contributed by atoms with Gasteiger partial charge in [-0.05, 0) is 25.7 Å². The molecule has 1 saturated carbocycles. The minimum Gasteiger partial charge on any atom is -0.396 e. The molecule has 1 aliphatic carbocycles. The van der Waals surface area contributed by atoms with Crippen LogP contribution >= 0.6 is 11.5 Å². The van der Waals surface area contributed by atoms with Gasteiger partial charge in [0.05, 0.1) is 0 Å². The average Bonchev–Trinajstić information content (AvgIpc) is 3.04. The third-order valence-corrected chi connectivity index (χ3v) is 3.43. The van der Waals surface area contributed by atoms with Crippen molar-refractivity contribution < 1.29 is 5.11 Å². The number of anilines is 1. The first-order valence-electron chi connectivity index (χ1n) is 6.08. The molecule has 2 rings (SSSR count). The van der Waals surface area contributed by atoms with Gasteiger partial charge in [-0.3, -0.25) is 0 Å². The van der Waals surface area contributed by atoms with Crippen LogP contribution in [0.5, 0.6) is 0 Å². The third kappa shape index (κ3) is 3.72. The zero-order valence-corrected chi connectivity index (χ0v) is 10.3. The molecule has 0 aliphatic heterocycles. The van der Waals surface area contributed by atoms with E-state index in [9.17, 15) is 0 Å². The summed E-state index contributed by atoms with van der Waals surface area (Å²) in [5, 5.41) is 12.9. The van der Waals surface area contributed by atoms with E-state index in [-0.39, 0.29) is 0 Å². The molecule has 4 nitrogen and oxygen atoms in total. The van der Waals surface area contributed by atoms with Crippen LogP contribution in [-0.2, 0) is 0 Å². The molecular formula is C11H19N3OS. The summed E-state index contributed by atoms with van der Waals surface area (Å²) in [6, 6.07) is 0. The maximum Gasteiger partial charge on any atom is 0.202 e. The van der Waals surface area contributed by atoms with Crippen LogP contribution < -0.4 is 5.32 Å². The van der Waals surface area contributed by atoms with Gasteiger partial charge in [0, 0.05) is 30.6 Å². The Morgan fingerprint density at radius 2 is 2.06 bits per heavy atom. The quantitative estimate of drug-likeness (QED) is 0.686. The molecule has 1 aliphatic rings. The lowest BCUT2D eigenvalue weighted by molar-refractivity contribution is 0.283. The van der Waals surface area contributed by atoms with E-state index in [1.54, 1.807) is 0 Å². The second kappa shape index (κ2) is 6.15. The van der Waals surface area contributed by atoms with Gasteiger partial charge in [-0.2, -0.15) is 4.37 Å². The summed E-state index contributed by atoms with van der Waals surface area (Å²) in [5.74, 6) is 1.68. The monoisotopic (exact) mass is 241 g/mol. The van der Waals surface area contributed by atoms with E-state index in [4.69, 9.17) is 5.11 Å². The largest absolute Gasteiger partial charge is 0.396 e. The summed E-state index contributed by atoms with van der Waals surface area (Å²) >= 11 is 1.47. The molecular weight excluding hydrogens is 222 g/mol. The molecule has 0 unspecified atom stereocenters. The fourth-order valence-corrected chi connectivity index (χ4v) is 2.27. The molecule has 5 heteroatoms. The number of unbranched alkanes of at least 4 members (excludes halogenated alkanes) is 3. The zero-order chi connectivity index (χ0) is 11.2. The third-order valence-electron chi connectivity index (χ3n) is 2.75. The van der Waals surface area contributed by atoms with Gasteiger partial charge in [-0.25, -0.2) is 4.98 Å². The number of hydrogen-bond donors (Lipinski definition) is 2. The van der Waals surface area contributed by atoms with Gasteiger partial charge in [0.15, 0.2) is 0 Å². The molecule has 1 aromatic rings. The molecule has 0 saturated heterocycles. The Hall–Kier alpha value is -0.680. The van der Waals surface area contributed by atoms with Crippen LogP contribution in [0.25, 0.3) is 0 Å². The van der Waals surface area contributed by atoms with Crippen molar-refractivity contribution in [2.45, 2.75) is 44.4 Å². The Labute approximate surface area is 100 Å². The SMILES string of the molecule is OCCCCCCNc1nc(C2CC2)ns1. The summed E-state index contributed by atoms with van der Waals surface area (Å²) in [6.45, 7) is 1.28. The number of nitrogens with one attached hydrogen (secondary N) is 1. The molecule has 90 valence electrons. The summed E-state index contributed by atoms with van der Waals surface area (Å²) in [7, 11) is 0. The Morgan fingerprint density at radius 3 is 2.81 bits per heavy atom. The number of aliphatic hydroxyl groups is 1. The minimum atomic E-state index is 0.314. The lowest BCUT2D eigenvalue weighted by atomic mass is 10.2. The molecule has 0 atom stereocenters. The molecule has 1 aromatic heterocycles. The van der Waals surface area contributed by atoms with Crippen LogP contribution in [0, 0.1) is 0 Å². The first kappa shape index (κ1) is 11.8. The van der Waals surface area contributed by atoms with Crippen LogP contribution in [0.15, 0.2) is 0 Å². The van der Waals surface area contributed by atoms with Crippen LogP contribution in [0.1, 0.15) is 50.3 Å². The van der Waals surface area contributed by atoms with Gasteiger partial charge < -0.3 is 10.4 Å². The van der Waals surface area contributed by atoms with Crippen molar-refractivity contribution in [1.29, 1.82) is 0 Å². The number of nitrogens with zero attached hydrogens (tertiary/aromatic N) is 2. The van der Waals surface area contributed by atoms with Crippen molar-refractivity contribution in [2.75, 3.05) is 18.5 Å². The van der Waals surface area contributed by atoms with Crippen molar-refractivity contribution >= 4 is 16.7 Å². The summed E-state index contributed by atoms with van der Waals surface area (Å²) in [4.78, 5) is 4.46. The van der Waals surface area contributed by atoms with Gasteiger partial charge in [0.25, 0.3) is 0 Å². The number of aliphatic hydroxyl groups excluding tert-OH is 1. The van der Waals surface area contributed by atoms with Gasteiger partial charge in [-0.1, -0.05) is 12.8 Å². The standard InChI is InChI=1S/C11H19N3OS/c15-8-4-2-1-3-7-12-11-13-10(14-16-11)9-5-6-9/h9,15H,1-8H2,(H,12,13,14). The molecule has 2 N–H and O–H groups in total. The van der Waals surface area contributed by atoms with E-state index in [1.807, 2.05) is 0 Å². The predicted molar refractivity (Wildman–Crippen MR) is 65.9 cm³/mol. The molecule has 0 amide bonds. The number of rotatable bonds is 8. The fourth-order valence-electron chi connectivity index (χ4n) is 1.60. The number of aromatic nitrogens is 2. The van der Waals surface area contributed by atoms with Crippen LogP contribution in [0.3, 0.4) is 0 Å². The molecule has 1 fully saturated rings. The Kier molecular flexibility index (Phi) is 4.54. The first-order valence-corrected chi connectivity index (χ1v) is 6.86. The van der Waals surface area contributed by atoms with E-state index in [0.717, 1.165) is 36.8 Å². The summed E-state index contributed by atoms with van der Waals surface area (Å²) < 4.78 is 4.34. The summed E-state index contributed by atoms with van der Waals surface area (Å²) in [5.41, 5.74) is 0. The van der Waals surface area contributed by atoms with Crippen molar-refractivity contribution in [3.8, 4) is 0 Å². The highest BCUT2D eigenvalue weighted by Crippen LogP contribution is 2.39. The van der Waals surface area contributed by atoms with Crippen LogP contribution in [0.2, 0.25) is 0 Å². The molecule has 0 bridgehead atoms. The minimum absolute atomic E-state index is 0.314. The molecule has 0 aromatic carbocycles. The Bertz CT molecular complexity index is 312. The van der Waals surface area contributed by atoms with Gasteiger partial charge >= 0.3 is 0 Å². The molecule has 0 radical (unpaired) electrons. The van der Waals surface area contributed by atoms with Crippen molar-refractivity contribution in [3.05, 3.63) is 5.82 Å². The van der Waals surface area contributed by atoms with Crippen LogP contribution in [-0.4, -0.2) is 27.6 Å². The van der Waals surface area contributed by atoms with Gasteiger partial charge in [0.1, 0.15) is 5.82 Å². The highest BCUT2D eigenvalue weighted by molar-refractivity contribution is 7.09. The highest BCUT2D eigenvalue weighted by Gasteiger charge is 2.27. The number of hydrogen-bond acceptors (Lipinski definition) is 5. The summed E-state index contributed by atoms with van der Waals surface area (Å²) in [6.07, 6.45) is 6.86. The maximum absolute atomic E-state index is 8.63. The fraction of sp³-hybridized carbons (Fsp3) is 0.818. The van der Waals surface area contributed by atoms with E-state index in [0.29, 0.717) is 12.5 Å². The first-order chi connectivity index (χ1) is 7.90. The lowest BCUT2D eigenvalue weighted by Gasteiger charge is -2.01. The maximum atomic E-state index is 8.63. The Balaban J connectivity index is 1.57. The van der Waals surface area contributed by atoms with Crippen molar-refractivity contribution in [3.63, 3.8) is 0 Å². The van der Waals surface area contributed by atoms with E-state index in [2.05, 4.69) is 14.7 Å². The van der Waals surface area contributed by atoms with Crippen LogP contribution in [0.4, 0.5) is 5.13 Å². The van der Waals surface area contributed by atoms with E-state index in [1.165, 1.54) is 30.8 Å². The molecule has 16 heavy (non-hydrogen) atoms. The van der Waals surface area contributed by atoms with E-state index < -0.39 is 0 Å². The predicted octanol–water partition coefficient (Wildman–Crippen LogP) is 2.38.